The van der Waals surface area contributed by atoms with Gasteiger partial charge in [0.15, 0.2) is 0 Å². The lowest BCUT2D eigenvalue weighted by Crippen LogP contribution is -2.51. The minimum Gasteiger partial charge on any atom is -0.435 e. The fraction of sp³-hybridized carbons (Fsp3) is 0.385. The third-order valence-corrected chi connectivity index (χ3v) is 3.16. The first-order valence-corrected chi connectivity index (χ1v) is 6.40. The molecular weight excluding hydrogens is 346 g/mol. The van der Waals surface area contributed by atoms with Crippen molar-refractivity contribution in [1.29, 1.82) is 0 Å². The van der Waals surface area contributed by atoms with Gasteiger partial charge < -0.3 is 9.84 Å². The topological polar surface area (TPSA) is 62.1 Å². The number of ether oxygens (including phenoxy) is 1. The summed E-state index contributed by atoms with van der Waals surface area (Å²) in [7, 11) is 0. The van der Waals surface area contributed by atoms with Crippen LogP contribution in [0.4, 0.5) is 26.3 Å². The van der Waals surface area contributed by atoms with Crippen molar-refractivity contribution in [2.24, 2.45) is 5.10 Å². The zero-order chi connectivity index (χ0) is 18.1. The molecule has 1 aliphatic heterocycles. The molecule has 0 aliphatic carbocycles. The summed E-state index contributed by atoms with van der Waals surface area (Å²) in [5.41, 5.74) is -4.61. The average molecular weight is 356 g/mol. The number of benzene rings is 1. The number of amides is 1. The number of rotatable bonds is 5. The number of hydrogen-bond acceptors (Lipinski definition) is 4. The molecule has 1 atom stereocenters. The molecule has 2 rings (SSSR count). The quantitative estimate of drug-likeness (QED) is 0.826. The SMILES string of the molecule is O=C(c1ccc(OC(F)F)cc1)N1N=C(C(F)F)CC1(O)C(F)F. The van der Waals surface area contributed by atoms with Crippen LogP contribution >= 0.6 is 0 Å². The molecule has 1 aromatic carbocycles. The van der Waals surface area contributed by atoms with Gasteiger partial charge in [-0.05, 0) is 24.3 Å². The number of hydrogen-bond donors (Lipinski definition) is 1. The van der Waals surface area contributed by atoms with Crippen LogP contribution in [0.2, 0.25) is 0 Å². The molecule has 0 fully saturated rings. The van der Waals surface area contributed by atoms with E-state index >= 15 is 0 Å². The van der Waals surface area contributed by atoms with E-state index in [0.29, 0.717) is 0 Å². The van der Waals surface area contributed by atoms with Crippen molar-refractivity contribution in [3.8, 4) is 5.75 Å². The molecule has 1 unspecified atom stereocenters. The van der Waals surface area contributed by atoms with Crippen molar-refractivity contribution >= 4 is 11.6 Å². The van der Waals surface area contributed by atoms with Gasteiger partial charge in [-0.25, -0.2) is 17.6 Å². The molecule has 132 valence electrons. The summed E-state index contributed by atoms with van der Waals surface area (Å²) in [5.74, 6) is -1.60. The molecule has 1 aromatic rings. The number of carbonyl (C=O) groups is 1. The van der Waals surface area contributed by atoms with Gasteiger partial charge in [0.25, 0.3) is 18.8 Å². The molecule has 11 heteroatoms. The highest BCUT2D eigenvalue weighted by molar-refractivity contribution is 5.99. The van der Waals surface area contributed by atoms with Gasteiger partial charge in [0, 0.05) is 12.0 Å². The Bertz CT molecular complexity index is 637. The maximum Gasteiger partial charge on any atom is 0.387 e. The number of halogens is 6. The van der Waals surface area contributed by atoms with E-state index in [9.17, 15) is 36.2 Å². The van der Waals surface area contributed by atoms with E-state index in [1.807, 2.05) is 0 Å². The Kier molecular flexibility index (Phi) is 5.02. The van der Waals surface area contributed by atoms with Crippen molar-refractivity contribution in [2.75, 3.05) is 0 Å². The summed E-state index contributed by atoms with van der Waals surface area (Å²) in [6.45, 7) is -3.10. The van der Waals surface area contributed by atoms with E-state index in [2.05, 4.69) is 9.84 Å². The molecule has 0 saturated heterocycles. The highest BCUT2D eigenvalue weighted by atomic mass is 19.3. The maximum atomic E-state index is 13.0. The third kappa shape index (κ3) is 3.45. The van der Waals surface area contributed by atoms with Crippen molar-refractivity contribution in [2.45, 2.75) is 31.6 Å². The van der Waals surface area contributed by atoms with Crippen LogP contribution in [0.3, 0.4) is 0 Å². The summed E-state index contributed by atoms with van der Waals surface area (Å²) in [6, 6.07) is 3.80. The summed E-state index contributed by atoms with van der Waals surface area (Å²) >= 11 is 0. The Balaban J connectivity index is 2.28. The summed E-state index contributed by atoms with van der Waals surface area (Å²) < 4.78 is 79.5. The first kappa shape index (κ1) is 18.0. The van der Waals surface area contributed by atoms with Gasteiger partial charge in [-0.3, -0.25) is 4.79 Å². The Labute approximate surface area is 131 Å². The Morgan fingerprint density at radius 1 is 1.17 bits per heavy atom. The number of hydrazone groups is 1. The average Bonchev–Trinajstić information content (AvgIpc) is 2.86. The summed E-state index contributed by atoms with van der Waals surface area (Å²) in [4.78, 5) is 12.2. The van der Waals surface area contributed by atoms with Crippen molar-refractivity contribution in [3.63, 3.8) is 0 Å². The fourth-order valence-electron chi connectivity index (χ4n) is 2.00. The zero-order valence-electron chi connectivity index (χ0n) is 11.7. The normalized spacial score (nSPS) is 20.9. The van der Waals surface area contributed by atoms with Crippen LogP contribution in [-0.2, 0) is 0 Å². The Hall–Kier alpha value is -2.30. The number of nitrogens with zero attached hydrogens (tertiary/aromatic N) is 2. The van der Waals surface area contributed by atoms with Crippen LogP contribution in [0.15, 0.2) is 29.4 Å². The van der Waals surface area contributed by atoms with Gasteiger partial charge in [0.1, 0.15) is 11.5 Å². The first-order chi connectivity index (χ1) is 11.1. The van der Waals surface area contributed by atoms with Gasteiger partial charge in [-0.1, -0.05) is 0 Å². The Morgan fingerprint density at radius 2 is 1.75 bits per heavy atom. The van der Waals surface area contributed by atoms with Gasteiger partial charge >= 0.3 is 6.61 Å². The summed E-state index contributed by atoms with van der Waals surface area (Å²) in [6.07, 6.45) is -7.99. The maximum absolute atomic E-state index is 13.0. The minimum atomic E-state index is -3.55. The third-order valence-electron chi connectivity index (χ3n) is 3.16. The van der Waals surface area contributed by atoms with Crippen LogP contribution in [-0.4, -0.2) is 46.9 Å². The lowest BCUT2D eigenvalue weighted by Gasteiger charge is -2.30. The number of aliphatic hydroxyl groups is 1. The second-order valence-corrected chi connectivity index (χ2v) is 4.77. The molecule has 0 saturated carbocycles. The van der Waals surface area contributed by atoms with Crippen molar-refractivity contribution in [1.82, 2.24) is 5.01 Å². The van der Waals surface area contributed by atoms with E-state index < -0.39 is 43.2 Å². The van der Waals surface area contributed by atoms with Gasteiger partial charge in [0.2, 0.25) is 5.72 Å². The van der Waals surface area contributed by atoms with E-state index in [-0.39, 0.29) is 16.3 Å². The fourth-order valence-corrected chi connectivity index (χ4v) is 2.00. The molecular formula is C13H10F6N2O3. The van der Waals surface area contributed by atoms with Crippen LogP contribution < -0.4 is 4.74 Å². The zero-order valence-corrected chi connectivity index (χ0v) is 11.7. The molecule has 5 nitrogen and oxygen atoms in total. The second kappa shape index (κ2) is 6.67. The predicted molar refractivity (Wildman–Crippen MR) is 68.3 cm³/mol. The standard InChI is InChI=1S/C13H10F6N2O3/c14-9(15)8-5-13(23,11(16)17)21(20-8)10(22)6-1-3-7(4-2-6)24-12(18)19/h1-4,9,11-12,23H,5H2. The minimum absolute atomic E-state index is 0.123. The Morgan fingerprint density at radius 3 is 2.21 bits per heavy atom. The highest BCUT2D eigenvalue weighted by Gasteiger charge is 2.53. The highest BCUT2D eigenvalue weighted by Crippen LogP contribution is 2.34. The van der Waals surface area contributed by atoms with E-state index in [1.165, 1.54) is 0 Å². The van der Waals surface area contributed by atoms with Crippen LogP contribution in [0.1, 0.15) is 16.8 Å². The predicted octanol–water partition coefficient (Wildman–Crippen LogP) is 2.71. The van der Waals surface area contributed by atoms with Gasteiger partial charge in [-0.2, -0.15) is 18.9 Å². The molecule has 24 heavy (non-hydrogen) atoms. The van der Waals surface area contributed by atoms with Crippen LogP contribution in [0.5, 0.6) is 5.75 Å². The smallest absolute Gasteiger partial charge is 0.387 e. The molecule has 0 spiro atoms. The van der Waals surface area contributed by atoms with Gasteiger partial charge in [0.05, 0.1) is 0 Å². The monoisotopic (exact) mass is 356 g/mol. The number of carbonyl (C=O) groups excluding carboxylic acids is 1. The largest absolute Gasteiger partial charge is 0.435 e. The first-order valence-electron chi connectivity index (χ1n) is 6.40. The second-order valence-electron chi connectivity index (χ2n) is 4.77. The number of alkyl halides is 6. The van der Waals surface area contributed by atoms with Crippen LogP contribution in [0, 0.1) is 0 Å². The van der Waals surface area contributed by atoms with Crippen molar-refractivity contribution < 1.29 is 41.0 Å². The lowest BCUT2D eigenvalue weighted by atomic mass is 10.1. The van der Waals surface area contributed by atoms with Crippen molar-refractivity contribution in [3.05, 3.63) is 29.8 Å². The summed E-state index contributed by atoms with van der Waals surface area (Å²) in [5, 5.41) is 12.8. The molecule has 1 heterocycles. The van der Waals surface area contributed by atoms with E-state index in [1.54, 1.807) is 0 Å². The van der Waals surface area contributed by atoms with Crippen LogP contribution in [0.25, 0.3) is 0 Å². The molecule has 0 aromatic heterocycles. The lowest BCUT2D eigenvalue weighted by molar-refractivity contribution is -0.164. The van der Waals surface area contributed by atoms with Gasteiger partial charge in [-0.15, -0.1) is 0 Å². The van der Waals surface area contributed by atoms with E-state index in [4.69, 9.17) is 0 Å². The van der Waals surface area contributed by atoms with E-state index in [0.717, 1.165) is 24.3 Å². The molecule has 1 N–H and O–H groups in total. The molecule has 1 amide bonds. The molecule has 1 aliphatic rings. The molecule has 0 radical (unpaired) electrons. The molecule has 0 bridgehead atoms.